The SMILES string of the molecule is CCOC(=O)C([C@@H](CC(C)=O)c1ccc(Cl)cc1Cl)[N+](=O)[O-]. The van der Waals surface area contributed by atoms with Crippen LogP contribution >= 0.6 is 23.2 Å². The Morgan fingerprint density at radius 2 is 2.00 bits per heavy atom. The van der Waals surface area contributed by atoms with Crippen molar-refractivity contribution in [1.82, 2.24) is 0 Å². The molecule has 8 heteroatoms. The number of hydrogen-bond acceptors (Lipinski definition) is 5. The number of benzene rings is 1. The standard InChI is InChI=1S/C14H15Cl2NO5/c1-3-22-14(19)13(17(20)21)11(6-8(2)18)10-5-4-9(15)7-12(10)16/h4-5,7,11,13H,3,6H2,1-2H3/t11-,13?/m0/s1. The zero-order chi connectivity index (χ0) is 16.9. The first-order valence-corrected chi connectivity index (χ1v) is 7.28. The molecule has 1 aromatic rings. The number of nitro groups is 1. The molecule has 0 saturated carbocycles. The Hall–Kier alpha value is -1.66. The van der Waals surface area contributed by atoms with E-state index in [0.29, 0.717) is 10.6 Å². The Morgan fingerprint density at radius 3 is 2.45 bits per heavy atom. The minimum Gasteiger partial charge on any atom is -0.461 e. The summed E-state index contributed by atoms with van der Waals surface area (Å²) in [5.74, 6) is -2.31. The lowest BCUT2D eigenvalue weighted by molar-refractivity contribution is -0.514. The van der Waals surface area contributed by atoms with E-state index in [1.165, 1.54) is 25.1 Å². The first kappa shape index (κ1) is 18.4. The van der Waals surface area contributed by atoms with Crippen molar-refractivity contribution in [3.63, 3.8) is 0 Å². The topological polar surface area (TPSA) is 86.5 Å². The van der Waals surface area contributed by atoms with Gasteiger partial charge in [-0.2, -0.15) is 0 Å². The highest BCUT2D eigenvalue weighted by atomic mass is 35.5. The molecule has 0 aliphatic rings. The third-order valence-corrected chi connectivity index (χ3v) is 3.57. The molecule has 2 atom stereocenters. The lowest BCUT2D eigenvalue weighted by atomic mass is 9.87. The fourth-order valence-electron chi connectivity index (χ4n) is 2.13. The van der Waals surface area contributed by atoms with Crippen LogP contribution in [0.1, 0.15) is 31.7 Å². The third-order valence-electron chi connectivity index (χ3n) is 3.01. The Morgan fingerprint density at radius 1 is 1.36 bits per heavy atom. The second-order valence-corrected chi connectivity index (χ2v) is 5.50. The number of carbonyl (C=O) groups is 2. The molecule has 1 aromatic carbocycles. The van der Waals surface area contributed by atoms with E-state index >= 15 is 0 Å². The first-order valence-electron chi connectivity index (χ1n) is 6.52. The highest BCUT2D eigenvalue weighted by Gasteiger charge is 2.42. The Balaban J connectivity index is 3.32. The van der Waals surface area contributed by atoms with Crippen LogP contribution < -0.4 is 0 Å². The summed E-state index contributed by atoms with van der Waals surface area (Å²) < 4.78 is 4.75. The molecule has 0 bridgehead atoms. The lowest BCUT2D eigenvalue weighted by Gasteiger charge is -2.20. The molecule has 0 saturated heterocycles. The van der Waals surface area contributed by atoms with Crippen molar-refractivity contribution in [2.24, 2.45) is 0 Å². The number of carbonyl (C=O) groups excluding carboxylic acids is 2. The van der Waals surface area contributed by atoms with Gasteiger partial charge in [-0.25, -0.2) is 4.79 Å². The van der Waals surface area contributed by atoms with Crippen LogP contribution in [0.25, 0.3) is 0 Å². The summed E-state index contributed by atoms with van der Waals surface area (Å²) in [4.78, 5) is 33.9. The molecule has 0 fully saturated rings. The van der Waals surface area contributed by atoms with Crippen LogP contribution in [0.15, 0.2) is 18.2 Å². The van der Waals surface area contributed by atoms with Crippen LogP contribution in [-0.2, 0) is 14.3 Å². The molecule has 0 radical (unpaired) electrons. The van der Waals surface area contributed by atoms with Gasteiger partial charge in [-0.05, 0) is 31.5 Å². The number of ketones is 1. The van der Waals surface area contributed by atoms with Crippen LogP contribution in [-0.4, -0.2) is 29.3 Å². The van der Waals surface area contributed by atoms with Gasteiger partial charge in [0.1, 0.15) is 5.78 Å². The number of nitrogens with zero attached hydrogens (tertiary/aromatic N) is 1. The molecule has 22 heavy (non-hydrogen) atoms. The number of Topliss-reactive ketones (excluding diaryl/α,β-unsaturated/α-hetero) is 1. The number of hydrogen-bond donors (Lipinski definition) is 0. The molecular formula is C14H15Cl2NO5. The number of halogens is 2. The van der Waals surface area contributed by atoms with Crippen LogP contribution in [0.4, 0.5) is 0 Å². The monoisotopic (exact) mass is 347 g/mol. The van der Waals surface area contributed by atoms with Crippen molar-refractivity contribution in [2.45, 2.75) is 32.2 Å². The van der Waals surface area contributed by atoms with E-state index < -0.39 is 22.9 Å². The highest BCUT2D eigenvalue weighted by molar-refractivity contribution is 6.35. The minimum absolute atomic E-state index is 0.00428. The predicted molar refractivity (Wildman–Crippen MR) is 81.9 cm³/mol. The van der Waals surface area contributed by atoms with Gasteiger partial charge in [0.2, 0.25) is 0 Å². The second kappa shape index (κ2) is 8.10. The number of esters is 1. The van der Waals surface area contributed by atoms with Crippen LogP contribution in [0.2, 0.25) is 10.0 Å². The Bertz CT molecular complexity index is 591. The molecule has 6 nitrogen and oxygen atoms in total. The van der Waals surface area contributed by atoms with Crippen molar-refractivity contribution in [1.29, 1.82) is 0 Å². The summed E-state index contributed by atoms with van der Waals surface area (Å²) in [6.45, 7) is 2.84. The second-order valence-electron chi connectivity index (χ2n) is 4.66. The zero-order valence-electron chi connectivity index (χ0n) is 12.0. The maximum absolute atomic E-state index is 11.9. The molecule has 0 amide bonds. The van der Waals surface area contributed by atoms with Crippen LogP contribution in [0.5, 0.6) is 0 Å². The average molecular weight is 348 g/mol. The Labute approximate surface area is 137 Å². The summed E-state index contributed by atoms with van der Waals surface area (Å²) in [5.41, 5.74) is 0.316. The van der Waals surface area contributed by atoms with Gasteiger partial charge in [0, 0.05) is 21.4 Å². The van der Waals surface area contributed by atoms with Gasteiger partial charge < -0.3 is 9.53 Å². The molecular weight excluding hydrogens is 333 g/mol. The summed E-state index contributed by atoms with van der Waals surface area (Å²) in [6, 6.07) is 2.68. The summed E-state index contributed by atoms with van der Waals surface area (Å²) in [6.07, 6.45) is -0.203. The van der Waals surface area contributed by atoms with E-state index in [9.17, 15) is 19.7 Å². The molecule has 1 rings (SSSR count). The van der Waals surface area contributed by atoms with Crippen molar-refractivity contribution >= 4 is 35.0 Å². The molecule has 120 valence electrons. The normalized spacial score (nSPS) is 13.3. The van der Waals surface area contributed by atoms with Crippen LogP contribution in [0.3, 0.4) is 0 Å². The van der Waals surface area contributed by atoms with Gasteiger partial charge in [-0.15, -0.1) is 0 Å². The van der Waals surface area contributed by atoms with Crippen LogP contribution in [0, 0.1) is 10.1 Å². The molecule has 0 N–H and O–H groups in total. The van der Waals surface area contributed by atoms with Gasteiger partial charge in [-0.3, -0.25) is 10.1 Å². The predicted octanol–water partition coefficient (Wildman–Crippen LogP) is 3.26. The maximum Gasteiger partial charge on any atom is 0.382 e. The molecule has 1 unspecified atom stereocenters. The van der Waals surface area contributed by atoms with Gasteiger partial charge in [0.25, 0.3) is 0 Å². The number of rotatable bonds is 7. The fraction of sp³-hybridized carbons (Fsp3) is 0.429. The van der Waals surface area contributed by atoms with Crippen molar-refractivity contribution in [3.05, 3.63) is 43.9 Å². The van der Waals surface area contributed by atoms with E-state index in [0.717, 1.165) is 0 Å². The highest BCUT2D eigenvalue weighted by Crippen LogP contribution is 2.33. The van der Waals surface area contributed by atoms with E-state index in [1.54, 1.807) is 6.92 Å². The number of ether oxygens (including phenoxy) is 1. The summed E-state index contributed by atoms with van der Waals surface area (Å²) >= 11 is 11.9. The van der Waals surface area contributed by atoms with E-state index in [1.807, 2.05) is 0 Å². The van der Waals surface area contributed by atoms with Gasteiger partial charge in [0.05, 0.1) is 12.5 Å². The van der Waals surface area contributed by atoms with Crippen molar-refractivity contribution in [3.8, 4) is 0 Å². The molecule has 0 aliphatic heterocycles. The minimum atomic E-state index is -1.71. The maximum atomic E-state index is 11.9. The molecule has 0 spiro atoms. The summed E-state index contributed by atoms with van der Waals surface area (Å²) in [7, 11) is 0. The Kier molecular flexibility index (Phi) is 6.77. The van der Waals surface area contributed by atoms with E-state index in [-0.39, 0.29) is 23.8 Å². The largest absolute Gasteiger partial charge is 0.461 e. The first-order chi connectivity index (χ1) is 10.3. The van der Waals surface area contributed by atoms with E-state index in [2.05, 4.69) is 0 Å². The smallest absolute Gasteiger partial charge is 0.382 e. The lowest BCUT2D eigenvalue weighted by Crippen LogP contribution is -2.38. The summed E-state index contributed by atoms with van der Waals surface area (Å²) in [5, 5.41) is 11.8. The van der Waals surface area contributed by atoms with Gasteiger partial charge in [-0.1, -0.05) is 29.3 Å². The van der Waals surface area contributed by atoms with Gasteiger partial charge in [0.15, 0.2) is 0 Å². The van der Waals surface area contributed by atoms with Crippen molar-refractivity contribution in [2.75, 3.05) is 6.61 Å². The van der Waals surface area contributed by atoms with E-state index in [4.69, 9.17) is 27.9 Å². The molecule has 0 aliphatic carbocycles. The third kappa shape index (κ3) is 4.68. The van der Waals surface area contributed by atoms with Gasteiger partial charge >= 0.3 is 12.0 Å². The average Bonchev–Trinajstić information content (AvgIpc) is 2.37. The quantitative estimate of drug-likeness (QED) is 0.429. The molecule has 0 aromatic heterocycles. The fourth-order valence-corrected chi connectivity index (χ4v) is 2.68. The van der Waals surface area contributed by atoms with Crippen molar-refractivity contribution < 1.29 is 19.2 Å². The zero-order valence-corrected chi connectivity index (χ0v) is 13.6. The molecule has 0 heterocycles.